The summed E-state index contributed by atoms with van der Waals surface area (Å²) in [6, 6.07) is 11.2. The lowest BCUT2D eigenvalue weighted by Gasteiger charge is -2.13. The van der Waals surface area contributed by atoms with Crippen LogP contribution in [0.5, 0.6) is 0 Å². The van der Waals surface area contributed by atoms with E-state index in [2.05, 4.69) is 0 Å². The highest BCUT2D eigenvalue weighted by molar-refractivity contribution is 5.85. The van der Waals surface area contributed by atoms with Crippen molar-refractivity contribution >= 4 is 12.4 Å². The average Bonchev–Trinajstić information content (AvgIpc) is 2.40. The maximum atomic E-state index is 12.8. The Morgan fingerprint density at radius 3 is 2.38 bits per heavy atom. The molecule has 2 aromatic carbocycles. The molecule has 1 nitrogen and oxygen atoms in total. The van der Waals surface area contributed by atoms with Gasteiger partial charge in [0.2, 0.25) is 0 Å². The van der Waals surface area contributed by atoms with Crippen LogP contribution in [0.1, 0.15) is 16.7 Å². The zero-order chi connectivity index (χ0) is 14.8. The molecular weight excluding hydrogens is 299 g/mol. The highest BCUT2D eigenvalue weighted by atomic mass is 35.5. The topological polar surface area (TPSA) is 26.0 Å². The Balaban J connectivity index is 0.00000220. The molecule has 0 aliphatic carbocycles. The number of halogens is 4. The summed E-state index contributed by atoms with van der Waals surface area (Å²) in [4.78, 5) is 0. The smallest absolute Gasteiger partial charge is 0.330 e. The Kier molecular flexibility index (Phi) is 5.81. The van der Waals surface area contributed by atoms with Crippen molar-refractivity contribution in [2.75, 3.05) is 6.54 Å². The minimum absolute atomic E-state index is 0. The van der Waals surface area contributed by atoms with Crippen molar-refractivity contribution in [1.29, 1.82) is 0 Å². The number of aryl methyl sites for hydroxylation is 1. The summed E-state index contributed by atoms with van der Waals surface area (Å²) < 4.78 is 38.4. The number of hydrogen-bond donors (Lipinski definition) is 1. The number of hydrogen-bond acceptors (Lipinski definition) is 1. The Bertz CT molecular complexity index is 609. The van der Waals surface area contributed by atoms with Crippen LogP contribution in [0, 0.1) is 6.92 Å². The van der Waals surface area contributed by atoms with Gasteiger partial charge >= 0.3 is 6.18 Å². The van der Waals surface area contributed by atoms with Crippen LogP contribution in [0.2, 0.25) is 0 Å². The van der Waals surface area contributed by atoms with Gasteiger partial charge in [-0.05, 0) is 48.7 Å². The van der Waals surface area contributed by atoms with Gasteiger partial charge in [-0.1, -0.05) is 35.9 Å². The van der Waals surface area contributed by atoms with Crippen molar-refractivity contribution in [3.8, 4) is 11.1 Å². The highest BCUT2D eigenvalue weighted by Gasteiger charge is 2.30. The van der Waals surface area contributed by atoms with Crippen LogP contribution in [-0.4, -0.2) is 6.54 Å². The molecule has 0 aliphatic rings. The number of benzene rings is 2. The molecular formula is C16H17ClF3N. The fourth-order valence-electron chi connectivity index (χ4n) is 2.20. The van der Waals surface area contributed by atoms with E-state index in [1.165, 1.54) is 12.1 Å². The molecule has 5 heteroatoms. The predicted molar refractivity (Wildman–Crippen MR) is 81.6 cm³/mol. The van der Waals surface area contributed by atoms with E-state index in [4.69, 9.17) is 5.73 Å². The van der Waals surface area contributed by atoms with Gasteiger partial charge in [0.25, 0.3) is 0 Å². The maximum Gasteiger partial charge on any atom is 0.416 e. The number of rotatable bonds is 3. The van der Waals surface area contributed by atoms with Crippen LogP contribution in [-0.2, 0) is 12.6 Å². The van der Waals surface area contributed by atoms with Crippen molar-refractivity contribution in [2.45, 2.75) is 19.5 Å². The van der Waals surface area contributed by atoms with Crippen molar-refractivity contribution in [2.24, 2.45) is 5.73 Å². The fourth-order valence-corrected chi connectivity index (χ4v) is 2.20. The summed E-state index contributed by atoms with van der Waals surface area (Å²) in [5, 5.41) is 0. The van der Waals surface area contributed by atoms with Gasteiger partial charge in [-0.25, -0.2) is 0 Å². The van der Waals surface area contributed by atoms with Crippen LogP contribution in [0.3, 0.4) is 0 Å². The molecule has 2 N–H and O–H groups in total. The fraction of sp³-hybridized carbons (Fsp3) is 0.250. The molecule has 0 saturated carbocycles. The van der Waals surface area contributed by atoms with Gasteiger partial charge in [-0.3, -0.25) is 0 Å². The second-order valence-corrected chi connectivity index (χ2v) is 4.78. The van der Waals surface area contributed by atoms with Gasteiger partial charge in [-0.2, -0.15) is 13.2 Å². The van der Waals surface area contributed by atoms with Crippen LogP contribution in [0.4, 0.5) is 13.2 Å². The molecule has 0 aromatic heterocycles. The molecule has 0 spiro atoms. The molecule has 0 amide bonds. The van der Waals surface area contributed by atoms with Crippen molar-refractivity contribution < 1.29 is 13.2 Å². The van der Waals surface area contributed by atoms with Gasteiger partial charge in [0.1, 0.15) is 0 Å². The van der Waals surface area contributed by atoms with E-state index in [0.29, 0.717) is 18.5 Å². The summed E-state index contributed by atoms with van der Waals surface area (Å²) in [5.41, 5.74) is 8.31. The second kappa shape index (κ2) is 6.96. The third-order valence-electron chi connectivity index (χ3n) is 3.18. The summed E-state index contributed by atoms with van der Waals surface area (Å²) in [6.45, 7) is 2.39. The zero-order valence-corrected chi connectivity index (χ0v) is 12.4. The summed E-state index contributed by atoms with van der Waals surface area (Å²) in [6.07, 6.45) is -3.68. The molecule has 21 heavy (non-hydrogen) atoms. The number of nitrogens with two attached hydrogens (primary N) is 1. The first-order valence-corrected chi connectivity index (χ1v) is 6.39. The quantitative estimate of drug-likeness (QED) is 0.880. The minimum Gasteiger partial charge on any atom is -0.330 e. The highest BCUT2D eigenvalue weighted by Crippen LogP contribution is 2.33. The first kappa shape index (κ1) is 17.5. The lowest BCUT2D eigenvalue weighted by atomic mass is 9.94. The Labute approximate surface area is 128 Å². The first-order valence-electron chi connectivity index (χ1n) is 6.39. The van der Waals surface area contributed by atoms with Crippen molar-refractivity contribution in [1.82, 2.24) is 0 Å². The molecule has 2 rings (SSSR count). The molecule has 2 aromatic rings. The molecule has 0 fully saturated rings. The normalized spacial score (nSPS) is 11.1. The SMILES string of the molecule is Cc1ccc(CCN)c(-c2cccc(C(F)(F)F)c2)c1.Cl. The first-order chi connectivity index (χ1) is 9.41. The molecule has 0 atom stereocenters. The molecule has 0 unspecified atom stereocenters. The molecule has 0 saturated heterocycles. The van der Waals surface area contributed by atoms with Gasteiger partial charge in [0, 0.05) is 0 Å². The van der Waals surface area contributed by atoms with Crippen LogP contribution >= 0.6 is 12.4 Å². The van der Waals surface area contributed by atoms with E-state index in [1.54, 1.807) is 6.07 Å². The van der Waals surface area contributed by atoms with Gasteiger partial charge in [0.15, 0.2) is 0 Å². The standard InChI is InChI=1S/C16H16F3N.ClH/c1-11-5-6-12(7-8-20)15(9-11)13-3-2-4-14(10-13)16(17,18)19;/h2-6,9-10H,7-8,20H2,1H3;1H. The summed E-state index contributed by atoms with van der Waals surface area (Å²) >= 11 is 0. The molecule has 0 heterocycles. The average molecular weight is 316 g/mol. The number of alkyl halides is 3. The maximum absolute atomic E-state index is 12.8. The van der Waals surface area contributed by atoms with Crippen molar-refractivity contribution in [3.63, 3.8) is 0 Å². The predicted octanol–water partition coefficient (Wildman–Crippen LogP) is 4.60. The molecule has 114 valence electrons. The Morgan fingerprint density at radius 2 is 1.76 bits per heavy atom. The summed E-state index contributed by atoms with van der Waals surface area (Å²) in [5.74, 6) is 0. The minimum atomic E-state index is -4.33. The molecule has 0 radical (unpaired) electrons. The van der Waals surface area contributed by atoms with Crippen LogP contribution < -0.4 is 5.73 Å². The third kappa shape index (κ3) is 4.22. The monoisotopic (exact) mass is 315 g/mol. The van der Waals surface area contributed by atoms with E-state index in [0.717, 1.165) is 22.8 Å². The Hall–Kier alpha value is -1.52. The zero-order valence-electron chi connectivity index (χ0n) is 11.6. The van der Waals surface area contributed by atoms with Gasteiger partial charge in [0.05, 0.1) is 5.56 Å². The summed E-state index contributed by atoms with van der Waals surface area (Å²) in [7, 11) is 0. The van der Waals surface area contributed by atoms with Crippen molar-refractivity contribution in [3.05, 3.63) is 59.2 Å². The van der Waals surface area contributed by atoms with E-state index in [1.807, 2.05) is 25.1 Å². The van der Waals surface area contributed by atoms with E-state index in [-0.39, 0.29) is 12.4 Å². The largest absolute Gasteiger partial charge is 0.416 e. The lowest BCUT2D eigenvalue weighted by molar-refractivity contribution is -0.137. The van der Waals surface area contributed by atoms with Gasteiger partial charge < -0.3 is 5.73 Å². The lowest BCUT2D eigenvalue weighted by Crippen LogP contribution is -2.06. The van der Waals surface area contributed by atoms with Crippen LogP contribution in [0.15, 0.2) is 42.5 Å². The van der Waals surface area contributed by atoms with E-state index in [9.17, 15) is 13.2 Å². The van der Waals surface area contributed by atoms with E-state index >= 15 is 0 Å². The van der Waals surface area contributed by atoms with Gasteiger partial charge in [-0.15, -0.1) is 12.4 Å². The van der Waals surface area contributed by atoms with E-state index < -0.39 is 11.7 Å². The Morgan fingerprint density at radius 1 is 1.05 bits per heavy atom. The molecule has 0 bridgehead atoms. The van der Waals surface area contributed by atoms with Crippen LogP contribution in [0.25, 0.3) is 11.1 Å². The molecule has 0 aliphatic heterocycles. The third-order valence-corrected chi connectivity index (χ3v) is 3.18. The second-order valence-electron chi connectivity index (χ2n) is 4.78.